The second-order valence-electron chi connectivity index (χ2n) is 6.17. The van der Waals surface area contributed by atoms with Crippen LogP contribution in [0, 0.1) is 6.92 Å². The molecule has 0 fully saturated rings. The number of carbonyl (C=O) groups excluding carboxylic acids is 1. The van der Waals surface area contributed by atoms with Gasteiger partial charge < -0.3 is 4.74 Å². The Bertz CT molecular complexity index is 732. The topological polar surface area (TPSA) is 26.3 Å². The molecule has 0 N–H and O–H groups in total. The molecule has 21 heavy (non-hydrogen) atoms. The van der Waals surface area contributed by atoms with Crippen molar-refractivity contribution in [1.82, 2.24) is 0 Å². The molecular weight excluding hydrogens is 284 g/mol. The van der Waals surface area contributed by atoms with Gasteiger partial charge in [-0.25, -0.2) is 0 Å². The minimum absolute atomic E-state index is 0.0228. The fourth-order valence-corrected chi connectivity index (χ4v) is 2.93. The Kier molecular flexibility index (Phi) is 3.29. The van der Waals surface area contributed by atoms with Gasteiger partial charge in [0.1, 0.15) is 5.75 Å². The average molecular weight is 301 g/mol. The number of aryl methyl sites for hydroxylation is 1. The minimum atomic E-state index is -0.0549. The van der Waals surface area contributed by atoms with E-state index in [1.54, 1.807) is 12.1 Å². The number of carbonyl (C=O) groups is 1. The summed E-state index contributed by atoms with van der Waals surface area (Å²) in [5.74, 6) is 0.902. The van der Waals surface area contributed by atoms with Crippen LogP contribution in [0.15, 0.2) is 36.4 Å². The largest absolute Gasteiger partial charge is 0.492 e. The fraction of sp³-hybridized carbons (Fsp3) is 0.278. The third-order valence-corrected chi connectivity index (χ3v) is 4.23. The smallest absolute Gasteiger partial charge is 0.193 e. The molecule has 0 spiro atoms. The average Bonchev–Trinajstić information content (AvgIpc) is 2.74. The van der Waals surface area contributed by atoms with Crippen LogP contribution >= 0.6 is 11.6 Å². The summed E-state index contributed by atoms with van der Waals surface area (Å²) in [6.07, 6.45) is 0. The molecule has 2 aromatic rings. The molecule has 0 aliphatic carbocycles. The van der Waals surface area contributed by atoms with Gasteiger partial charge in [0.05, 0.1) is 6.61 Å². The number of benzene rings is 2. The molecule has 0 saturated heterocycles. The van der Waals surface area contributed by atoms with Crippen molar-refractivity contribution in [2.45, 2.75) is 26.2 Å². The lowest BCUT2D eigenvalue weighted by atomic mass is 9.85. The van der Waals surface area contributed by atoms with Crippen LogP contribution in [0.5, 0.6) is 5.75 Å². The van der Waals surface area contributed by atoms with E-state index in [2.05, 4.69) is 13.8 Å². The Morgan fingerprint density at radius 3 is 2.67 bits per heavy atom. The van der Waals surface area contributed by atoms with Gasteiger partial charge in [0.25, 0.3) is 0 Å². The van der Waals surface area contributed by atoms with Gasteiger partial charge in [-0.1, -0.05) is 25.4 Å². The second kappa shape index (κ2) is 4.88. The molecule has 0 aromatic heterocycles. The number of halogens is 1. The summed E-state index contributed by atoms with van der Waals surface area (Å²) in [6, 6.07) is 11.0. The van der Waals surface area contributed by atoms with E-state index in [9.17, 15) is 4.79 Å². The third kappa shape index (κ3) is 2.44. The first kappa shape index (κ1) is 14.2. The van der Waals surface area contributed by atoms with E-state index in [1.165, 1.54) is 0 Å². The van der Waals surface area contributed by atoms with Gasteiger partial charge in [-0.2, -0.15) is 0 Å². The van der Waals surface area contributed by atoms with E-state index in [0.29, 0.717) is 22.8 Å². The van der Waals surface area contributed by atoms with Crippen molar-refractivity contribution >= 4 is 17.4 Å². The molecule has 0 atom stereocenters. The quantitative estimate of drug-likeness (QED) is 0.761. The highest BCUT2D eigenvalue weighted by Gasteiger charge is 2.32. The van der Waals surface area contributed by atoms with Gasteiger partial charge >= 0.3 is 0 Å². The molecule has 0 amide bonds. The molecule has 0 saturated carbocycles. The summed E-state index contributed by atoms with van der Waals surface area (Å²) in [6.45, 7) is 6.81. The van der Waals surface area contributed by atoms with E-state index in [4.69, 9.17) is 16.3 Å². The minimum Gasteiger partial charge on any atom is -0.492 e. The van der Waals surface area contributed by atoms with Gasteiger partial charge in [0.2, 0.25) is 0 Å². The summed E-state index contributed by atoms with van der Waals surface area (Å²) in [4.78, 5) is 12.7. The van der Waals surface area contributed by atoms with Gasteiger partial charge in [-0.15, -0.1) is 0 Å². The first-order chi connectivity index (χ1) is 9.88. The van der Waals surface area contributed by atoms with Crippen molar-refractivity contribution in [3.8, 4) is 5.75 Å². The first-order valence-corrected chi connectivity index (χ1v) is 7.34. The molecule has 1 heterocycles. The normalized spacial score (nSPS) is 15.4. The van der Waals surface area contributed by atoms with Gasteiger partial charge in [-0.3, -0.25) is 4.79 Å². The van der Waals surface area contributed by atoms with Gasteiger partial charge in [-0.05, 0) is 48.9 Å². The maximum absolute atomic E-state index is 12.7. The van der Waals surface area contributed by atoms with E-state index < -0.39 is 0 Å². The van der Waals surface area contributed by atoms with E-state index in [0.717, 1.165) is 16.9 Å². The van der Waals surface area contributed by atoms with Crippen molar-refractivity contribution in [2.24, 2.45) is 0 Å². The zero-order chi connectivity index (χ0) is 15.2. The Hall–Kier alpha value is -1.80. The molecule has 0 radical (unpaired) electrons. The van der Waals surface area contributed by atoms with Crippen molar-refractivity contribution in [1.29, 1.82) is 0 Å². The number of hydrogen-bond acceptors (Lipinski definition) is 2. The summed E-state index contributed by atoms with van der Waals surface area (Å²) in [5, 5.41) is 0.646. The summed E-state index contributed by atoms with van der Waals surface area (Å²) in [7, 11) is 0. The number of ether oxygens (including phenoxy) is 1. The van der Waals surface area contributed by atoms with Crippen LogP contribution in [0.2, 0.25) is 5.02 Å². The SMILES string of the molecule is Cc1cc(Cl)ccc1C(=O)c1ccc2c(c1)C(C)(C)CO2. The van der Waals surface area contributed by atoms with E-state index in [1.807, 2.05) is 31.2 Å². The molecule has 1 aliphatic heterocycles. The van der Waals surface area contributed by atoms with Crippen molar-refractivity contribution < 1.29 is 9.53 Å². The Morgan fingerprint density at radius 2 is 1.95 bits per heavy atom. The highest BCUT2D eigenvalue weighted by Crippen LogP contribution is 2.39. The highest BCUT2D eigenvalue weighted by molar-refractivity contribution is 6.30. The number of ketones is 1. The molecule has 108 valence electrons. The van der Waals surface area contributed by atoms with Crippen LogP contribution in [-0.4, -0.2) is 12.4 Å². The monoisotopic (exact) mass is 300 g/mol. The van der Waals surface area contributed by atoms with Crippen molar-refractivity contribution in [3.63, 3.8) is 0 Å². The lowest BCUT2D eigenvalue weighted by Gasteiger charge is -2.15. The molecule has 0 unspecified atom stereocenters. The first-order valence-electron chi connectivity index (χ1n) is 6.97. The zero-order valence-corrected chi connectivity index (χ0v) is 13.1. The maximum Gasteiger partial charge on any atom is 0.193 e. The standard InChI is InChI=1S/C18H17ClO2/c1-11-8-13(19)5-6-14(11)17(20)12-4-7-16-15(9-12)18(2,3)10-21-16/h4-9H,10H2,1-3H3. The summed E-state index contributed by atoms with van der Waals surface area (Å²) in [5.41, 5.74) is 3.32. The predicted molar refractivity (Wildman–Crippen MR) is 84.6 cm³/mol. The zero-order valence-electron chi connectivity index (χ0n) is 12.4. The molecule has 1 aliphatic rings. The van der Waals surface area contributed by atoms with Crippen LogP contribution in [0.4, 0.5) is 0 Å². The second-order valence-corrected chi connectivity index (χ2v) is 6.61. The Labute approximate surface area is 129 Å². The Balaban J connectivity index is 2.03. The molecule has 2 aromatic carbocycles. The van der Waals surface area contributed by atoms with Gasteiger partial charge in [0.15, 0.2) is 5.78 Å². The fourth-order valence-electron chi connectivity index (χ4n) is 2.70. The van der Waals surface area contributed by atoms with Crippen LogP contribution in [0.1, 0.15) is 40.9 Å². The van der Waals surface area contributed by atoms with Crippen molar-refractivity contribution in [3.05, 3.63) is 63.7 Å². The van der Waals surface area contributed by atoms with Crippen molar-refractivity contribution in [2.75, 3.05) is 6.61 Å². The van der Waals surface area contributed by atoms with E-state index >= 15 is 0 Å². The number of fused-ring (bicyclic) bond motifs is 1. The van der Waals surface area contributed by atoms with Crippen LogP contribution in [-0.2, 0) is 5.41 Å². The lowest BCUT2D eigenvalue weighted by Crippen LogP contribution is -2.18. The van der Waals surface area contributed by atoms with Crippen LogP contribution in [0.25, 0.3) is 0 Å². The van der Waals surface area contributed by atoms with Gasteiger partial charge in [0, 0.05) is 27.1 Å². The third-order valence-electron chi connectivity index (χ3n) is 3.99. The van der Waals surface area contributed by atoms with Crippen LogP contribution in [0.3, 0.4) is 0 Å². The molecule has 3 heteroatoms. The maximum atomic E-state index is 12.7. The lowest BCUT2D eigenvalue weighted by molar-refractivity contribution is 0.103. The van der Waals surface area contributed by atoms with Crippen LogP contribution < -0.4 is 4.74 Å². The van der Waals surface area contributed by atoms with E-state index in [-0.39, 0.29) is 11.2 Å². The number of hydrogen-bond donors (Lipinski definition) is 0. The molecular formula is C18H17ClO2. The summed E-state index contributed by atoms with van der Waals surface area (Å²) < 4.78 is 5.66. The Morgan fingerprint density at radius 1 is 1.19 bits per heavy atom. The molecule has 3 rings (SSSR count). The molecule has 2 nitrogen and oxygen atoms in total. The molecule has 0 bridgehead atoms. The number of rotatable bonds is 2. The predicted octanol–water partition coefficient (Wildman–Crippen LogP) is 4.55. The summed E-state index contributed by atoms with van der Waals surface area (Å²) >= 11 is 5.95. The highest BCUT2D eigenvalue weighted by atomic mass is 35.5.